The maximum Gasteiger partial charge on any atom is 0.418 e. The molecule has 31 heavy (non-hydrogen) atoms. The van der Waals surface area contributed by atoms with E-state index in [1.165, 1.54) is 52.1 Å². The van der Waals surface area contributed by atoms with Crippen molar-refractivity contribution in [3.05, 3.63) is 84.0 Å². The largest absolute Gasteiger partial charge is 0.418 e. The molecule has 0 fully saturated rings. The Bertz CT molecular complexity index is 1230. The summed E-state index contributed by atoms with van der Waals surface area (Å²) in [6.45, 7) is 1.56. The molecular weight excluding hydrogens is 416 g/mol. The molecule has 0 aliphatic heterocycles. The summed E-state index contributed by atoms with van der Waals surface area (Å²) in [6.07, 6.45) is -1.78. The number of carbonyl (C=O) groups excluding carboxylic acids is 1. The van der Waals surface area contributed by atoms with Gasteiger partial charge in [0.2, 0.25) is 5.82 Å². The highest BCUT2D eigenvalue weighted by Crippen LogP contribution is 2.36. The zero-order chi connectivity index (χ0) is 22.2. The van der Waals surface area contributed by atoms with Crippen LogP contribution in [0, 0.1) is 12.7 Å². The molecule has 2 heterocycles. The van der Waals surface area contributed by atoms with Crippen molar-refractivity contribution in [2.24, 2.45) is 0 Å². The van der Waals surface area contributed by atoms with Gasteiger partial charge in [0.05, 0.1) is 22.6 Å². The number of halogens is 4. The van der Waals surface area contributed by atoms with Crippen LogP contribution in [-0.4, -0.2) is 30.5 Å². The molecule has 0 atom stereocenters. The van der Waals surface area contributed by atoms with E-state index in [0.717, 1.165) is 12.1 Å². The van der Waals surface area contributed by atoms with Crippen LogP contribution in [0.5, 0.6) is 0 Å². The summed E-state index contributed by atoms with van der Waals surface area (Å²) in [5.41, 5.74) is -0.845. The molecule has 158 valence electrons. The lowest BCUT2D eigenvalue weighted by Gasteiger charge is -2.15. The van der Waals surface area contributed by atoms with Crippen molar-refractivity contribution >= 4 is 11.6 Å². The molecule has 0 saturated carbocycles. The minimum Gasteiger partial charge on any atom is -0.319 e. The van der Waals surface area contributed by atoms with E-state index >= 15 is 0 Å². The van der Waals surface area contributed by atoms with E-state index < -0.39 is 29.2 Å². The van der Waals surface area contributed by atoms with Gasteiger partial charge in [0.1, 0.15) is 11.6 Å². The molecule has 0 unspecified atom stereocenters. The van der Waals surface area contributed by atoms with Crippen molar-refractivity contribution in [3.8, 4) is 11.4 Å². The minimum atomic E-state index is -4.72. The fraction of sp³-hybridized carbons (Fsp3) is 0.100. The number of amides is 1. The summed E-state index contributed by atoms with van der Waals surface area (Å²) < 4.78 is 56.5. The van der Waals surface area contributed by atoms with Crippen LogP contribution >= 0.6 is 0 Å². The topological polar surface area (TPSA) is 77.6 Å². The van der Waals surface area contributed by atoms with Crippen LogP contribution in [0.25, 0.3) is 11.4 Å². The van der Waals surface area contributed by atoms with E-state index in [-0.39, 0.29) is 11.5 Å². The summed E-state index contributed by atoms with van der Waals surface area (Å²) in [6, 6.07) is 10.3. The number of hydrogen-bond acceptors (Lipinski definition) is 4. The average Bonchev–Trinajstić information content (AvgIpc) is 3.38. The summed E-state index contributed by atoms with van der Waals surface area (Å²) in [5.74, 6) is -1.38. The summed E-state index contributed by atoms with van der Waals surface area (Å²) >= 11 is 0. The van der Waals surface area contributed by atoms with E-state index in [4.69, 9.17) is 0 Å². The van der Waals surface area contributed by atoms with Gasteiger partial charge in [0.25, 0.3) is 5.91 Å². The van der Waals surface area contributed by atoms with Gasteiger partial charge in [0, 0.05) is 12.4 Å². The summed E-state index contributed by atoms with van der Waals surface area (Å²) in [5, 5.41) is 10.2. The Balaban J connectivity index is 1.64. The molecular formula is C20H14F4N6O. The average molecular weight is 430 g/mol. The van der Waals surface area contributed by atoms with Crippen molar-refractivity contribution in [2.75, 3.05) is 5.32 Å². The number of nitrogens with zero attached hydrogens (tertiary/aromatic N) is 5. The molecule has 1 N–H and O–H groups in total. The highest BCUT2D eigenvalue weighted by Gasteiger charge is 2.35. The van der Waals surface area contributed by atoms with Gasteiger partial charge in [-0.15, -0.1) is 5.10 Å². The molecule has 4 rings (SSSR count). The summed E-state index contributed by atoms with van der Waals surface area (Å²) in [4.78, 5) is 16.6. The number of nitrogens with one attached hydrogen (secondary N) is 1. The molecule has 11 heteroatoms. The molecule has 0 aliphatic carbocycles. The van der Waals surface area contributed by atoms with Crippen LogP contribution in [-0.2, 0) is 6.18 Å². The maximum atomic E-state index is 13.6. The number of carbonyl (C=O) groups is 1. The molecule has 0 saturated heterocycles. The second kappa shape index (κ2) is 7.67. The van der Waals surface area contributed by atoms with Crippen LogP contribution in [0.3, 0.4) is 0 Å². The van der Waals surface area contributed by atoms with Crippen molar-refractivity contribution < 1.29 is 22.4 Å². The maximum absolute atomic E-state index is 13.6. The van der Waals surface area contributed by atoms with E-state index in [0.29, 0.717) is 11.5 Å². The predicted octanol–water partition coefficient (Wildman–Crippen LogP) is 4.17. The van der Waals surface area contributed by atoms with Crippen LogP contribution in [0.15, 0.2) is 60.9 Å². The first kappa shape index (κ1) is 20.3. The Morgan fingerprint density at radius 1 is 1.06 bits per heavy atom. The third kappa shape index (κ3) is 4.15. The lowest BCUT2D eigenvalue weighted by atomic mass is 10.1. The number of aryl methyl sites for hydroxylation is 1. The van der Waals surface area contributed by atoms with E-state index in [9.17, 15) is 22.4 Å². The Labute approximate surface area is 173 Å². The Kier molecular flexibility index (Phi) is 5.01. The molecule has 4 aromatic rings. The zero-order valence-corrected chi connectivity index (χ0v) is 15.9. The van der Waals surface area contributed by atoms with Crippen molar-refractivity contribution in [2.45, 2.75) is 13.1 Å². The first-order valence-corrected chi connectivity index (χ1v) is 8.94. The quantitative estimate of drug-likeness (QED) is 0.493. The number of aromatic nitrogens is 5. The number of rotatable bonds is 4. The molecule has 0 spiro atoms. The third-order valence-electron chi connectivity index (χ3n) is 4.37. The van der Waals surface area contributed by atoms with Gasteiger partial charge >= 0.3 is 6.18 Å². The van der Waals surface area contributed by atoms with Gasteiger partial charge in [0.15, 0.2) is 0 Å². The van der Waals surface area contributed by atoms with E-state index in [1.54, 1.807) is 13.0 Å². The highest BCUT2D eigenvalue weighted by molar-refractivity contribution is 6.02. The normalized spacial score (nSPS) is 11.5. The lowest BCUT2D eigenvalue weighted by Crippen LogP contribution is -2.18. The van der Waals surface area contributed by atoms with Crippen LogP contribution in [0.1, 0.15) is 22.0 Å². The number of alkyl halides is 3. The Morgan fingerprint density at radius 2 is 1.77 bits per heavy atom. The van der Waals surface area contributed by atoms with Gasteiger partial charge in [-0.3, -0.25) is 4.79 Å². The van der Waals surface area contributed by atoms with Crippen molar-refractivity contribution in [1.82, 2.24) is 24.5 Å². The predicted molar refractivity (Wildman–Crippen MR) is 103 cm³/mol. The van der Waals surface area contributed by atoms with Gasteiger partial charge in [-0.2, -0.15) is 18.3 Å². The Morgan fingerprint density at radius 3 is 2.42 bits per heavy atom. The summed E-state index contributed by atoms with van der Waals surface area (Å²) in [7, 11) is 0. The number of benzene rings is 2. The molecule has 2 aromatic heterocycles. The second-order valence-corrected chi connectivity index (χ2v) is 6.50. The SMILES string of the molecule is Cc1nc(C(=O)Nc2ccc(-n3cccn3)cc2C(F)(F)F)nn1-c1ccc(F)cc1. The smallest absolute Gasteiger partial charge is 0.319 e. The van der Waals surface area contributed by atoms with E-state index in [2.05, 4.69) is 20.5 Å². The molecule has 0 radical (unpaired) electrons. The third-order valence-corrected chi connectivity index (χ3v) is 4.37. The standard InChI is InChI=1S/C20H14F4N6O/c1-12-26-18(28-30(12)14-5-3-13(21)4-6-14)19(31)27-17-8-7-15(29-10-2-9-25-29)11-16(17)20(22,23)24/h2-11H,1H3,(H,27,31). The Hall–Kier alpha value is -4.02. The first-order valence-electron chi connectivity index (χ1n) is 8.94. The van der Waals surface area contributed by atoms with Crippen LogP contribution < -0.4 is 5.32 Å². The van der Waals surface area contributed by atoms with Gasteiger partial charge in [-0.25, -0.2) is 18.7 Å². The van der Waals surface area contributed by atoms with E-state index in [1.807, 2.05) is 0 Å². The molecule has 7 nitrogen and oxygen atoms in total. The fourth-order valence-electron chi connectivity index (χ4n) is 2.93. The number of hydrogen-bond donors (Lipinski definition) is 1. The molecule has 2 aromatic carbocycles. The van der Waals surface area contributed by atoms with Gasteiger partial charge in [-0.05, 0) is 55.5 Å². The second-order valence-electron chi connectivity index (χ2n) is 6.50. The van der Waals surface area contributed by atoms with Crippen molar-refractivity contribution in [1.29, 1.82) is 0 Å². The van der Waals surface area contributed by atoms with Gasteiger partial charge in [-0.1, -0.05) is 0 Å². The fourth-order valence-corrected chi connectivity index (χ4v) is 2.93. The lowest BCUT2D eigenvalue weighted by molar-refractivity contribution is -0.136. The van der Waals surface area contributed by atoms with Crippen molar-refractivity contribution in [3.63, 3.8) is 0 Å². The minimum absolute atomic E-state index is 0.185. The monoisotopic (exact) mass is 430 g/mol. The van der Waals surface area contributed by atoms with Crippen LogP contribution in [0.2, 0.25) is 0 Å². The number of anilines is 1. The zero-order valence-electron chi connectivity index (χ0n) is 15.9. The molecule has 0 bridgehead atoms. The molecule has 1 amide bonds. The van der Waals surface area contributed by atoms with Crippen LogP contribution in [0.4, 0.5) is 23.2 Å². The first-order chi connectivity index (χ1) is 14.7. The molecule has 0 aliphatic rings. The van der Waals surface area contributed by atoms with Gasteiger partial charge < -0.3 is 5.32 Å². The highest BCUT2D eigenvalue weighted by atomic mass is 19.4.